The SMILES string of the molecule is COC(=O)[C@H](CNC(=O)Nc1ccccc1)NC(=O)c1c(C)nc(NCCCc2cccc(OC(=O)Nc3ccccc3)c2)nc1C.Cc1nc(NCCCc2cccc(O)c2)nc(C)c1C(=O)N[C@@H](CNC(=O)Nc1ccccc1)C(=O)O. The molecule has 7 amide bonds. The Kier molecular flexibility index (Phi) is 23.8. The van der Waals surface area contributed by atoms with Gasteiger partial charge in [-0.25, -0.2) is 43.9 Å². The van der Waals surface area contributed by atoms with Gasteiger partial charge in [-0.3, -0.25) is 14.9 Å². The largest absolute Gasteiger partial charge is 0.508 e. The molecule has 0 radical (unpaired) electrons. The van der Waals surface area contributed by atoms with E-state index in [0.717, 1.165) is 30.4 Å². The molecule has 0 aliphatic carbocycles. The lowest BCUT2D eigenvalue weighted by Gasteiger charge is -2.19. The molecule has 2 atom stereocenters. The number of carbonyl (C=O) groups excluding carboxylic acids is 6. The van der Waals surface area contributed by atoms with Crippen LogP contribution in [0.4, 0.5) is 43.3 Å². The van der Waals surface area contributed by atoms with Gasteiger partial charge in [0.05, 0.1) is 54.1 Å². The van der Waals surface area contributed by atoms with E-state index in [1.807, 2.05) is 48.5 Å². The van der Waals surface area contributed by atoms with Crippen molar-refractivity contribution < 1.29 is 53.2 Å². The van der Waals surface area contributed by atoms with Gasteiger partial charge in [-0.15, -0.1) is 0 Å². The first-order valence-electron chi connectivity index (χ1n) is 26.7. The number of aryl methyl sites for hydroxylation is 6. The predicted molar refractivity (Wildman–Crippen MR) is 316 cm³/mol. The second-order valence-corrected chi connectivity index (χ2v) is 18.8. The van der Waals surface area contributed by atoms with E-state index in [1.54, 1.807) is 119 Å². The molecule has 0 fully saturated rings. The van der Waals surface area contributed by atoms with Crippen molar-refractivity contribution in [2.75, 3.05) is 59.9 Å². The summed E-state index contributed by atoms with van der Waals surface area (Å²) in [4.78, 5) is 104. The highest BCUT2D eigenvalue weighted by molar-refractivity contribution is 6.00. The number of nitrogens with one attached hydrogen (secondary N) is 9. The van der Waals surface area contributed by atoms with E-state index in [2.05, 4.69) is 67.8 Å². The number of nitrogens with zero attached hydrogens (tertiary/aromatic N) is 4. The van der Waals surface area contributed by atoms with Gasteiger partial charge in [-0.2, -0.15) is 0 Å². The zero-order valence-electron chi connectivity index (χ0n) is 46.9. The van der Waals surface area contributed by atoms with Crippen LogP contribution in [0.15, 0.2) is 140 Å². The summed E-state index contributed by atoms with van der Waals surface area (Å²) in [6, 6.07) is 37.3. The van der Waals surface area contributed by atoms with Gasteiger partial charge in [0.25, 0.3) is 11.8 Å². The number of carboxylic acids is 1. The van der Waals surface area contributed by atoms with Crippen molar-refractivity contribution in [1.82, 2.24) is 41.2 Å². The Morgan fingerprint density at radius 3 is 1.37 bits per heavy atom. The van der Waals surface area contributed by atoms with Crippen LogP contribution in [-0.2, 0) is 27.2 Å². The molecule has 24 nitrogen and oxygen atoms in total. The smallest absolute Gasteiger partial charge is 0.417 e. The third-order valence-corrected chi connectivity index (χ3v) is 12.3. The number of hydrogen-bond acceptors (Lipinski definition) is 16. The number of hydrogen-bond donors (Lipinski definition) is 11. The molecule has 7 aromatic rings. The summed E-state index contributed by atoms with van der Waals surface area (Å²) in [5.41, 5.74) is 5.76. The molecule has 2 aromatic heterocycles. The minimum absolute atomic E-state index is 0.172. The second-order valence-electron chi connectivity index (χ2n) is 18.8. The fourth-order valence-electron chi connectivity index (χ4n) is 8.26. The molecule has 0 aliphatic heterocycles. The highest BCUT2D eigenvalue weighted by atomic mass is 16.6. The molecule has 2 heterocycles. The van der Waals surface area contributed by atoms with E-state index in [9.17, 15) is 43.8 Å². The van der Waals surface area contributed by atoms with Crippen LogP contribution in [0.25, 0.3) is 0 Å². The fourth-order valence-corrected chi connectivity index (χ4v) is 8.26. The molecule has 0 spiro atoms. The van der Waals surface area contributed by atoms with Crippen LogP contribution < -0.4 is 52.6 Å². The molecular formula is C60H67N13O11. The Balaban J connectivity index is 0.000000277. The van der Waals surface area contributed by atoms with Crippen LogP contribution >= 0.6 is 0 Å². The fraction of sp³-hybridized carbons (Fsp3) is 0.250. The zero-order chi connectivity index (χ0) is 60.4. The van der Waals surface area contributed by atoms with E-state index in [-0.39, 0.29) is 30.0 Å². The predicted octanol–water partition coefficient (Wildman–Crippen LogP) is 7.69. The van der Waals surface area contributed by atoms with Crippen molar-refractivity contribution in [2.45, 2.75) is 65.5 Å². The number of rotatable bonds is 24. The average molecular weight is 1150 g/mol. The molecule has 0 saturated heterocycles. The molecule has 84 heavy (non-hydrogen) atoms. The van der Waals surface area contributed by atoms with Crippen molar-refractivity contribution in [3.8, 4) is 11.5 Å². The highest BCUT2D eigenvalue weighted by Gasteiger charge is 2.27. The van der Waals surface area contributed by atoms with Crippen molar-refractivity contribution in [1.29, 1.82) is 0 Å². The molecule has 11 N–H and O–H groups in total. The number of phenols is 1. The minimum atomic E-state index is -1.36. The molecule has 438 valence electrons. The summed E-state index contributed by atoms with van der Waals surface area (Å²) in [7, 11) is 1.20. The molecule has 0 unspecified atom stereocenters. The van der Waals surface area contributed by atoms with Gasteiger partial charge < -0.3 is 62.2 Å². The van der Waals surface area contributed by atoms with E-state index >= 15 is 0 Å². The first-order chi connectivity index (χ1) is 40.4. The maximum absolute atomic E-state index is 13.2. The monoisotopic (exact) mass is 1150 g/mol. The third-order valence-electron chi connectivity index (χ3n) is 12.3. The van der Waals surface area contributed by atoms with Crippen LogP contribution in [0.5, 0.6) is 11.5 Å². The number of methoxy groups -OCH3 is 1. The number of benzene rings is 5. The molecule has 0 bridgehead atoms. The standard InChI is InChI=1S/C34H37N7O6.C26H30N6O5/c1-22-29(30(42)41-28(31(43)46-3)21-36-33(44)39-25-14-6-4-7-15-25)23(2)38-32(37-22)35-19-11-13-24-12-10-18-27(20-24)47-34(45)40-26-16-8-5-9-17-26;1-16-22(17(2)30-25(29-16)27-13-7-9-18-8-6-12-20(33)14-18)23(34)32-21(24(35)36)15-28-26(37)31-19-10-4-3-5-11-19/h4-10,12,14-18,20,28H,11,13,19,21H2,1-3H3,(H,40,45)(H,41,42)(H,35,37,38)(H2,36,39,44);3-6,8,10-12,14,21,33H,7,9,13,15H2,1-2H3,(H,32,34)(H,35,36)(H,27,29,30)(H2,28,31,37)/t28-;21-/m00/s1. The number of carbonyl (C=O) groups is 7. The first kappa shape index (κ1) is 62.5. The summed E-state index contributed by atoms with van der Waals surface area (Å²) in [5.74, 6) is -1.87. The zero-order valence-corrected chi connectivity index (χ0v) is 46.9. The Bertz CT molecular complexity index is 3330. The molecule has 0 aliphatic rings. The van der Waals surface area contributed by atoms with Gasteiger partial charge in [-0.1, -0.05) is 78.9 Å². The highest BCUT2D eigenvalue weighted by Crippen LogP contribution is 2.19. The van der Waals surface area contributed by atoms with Crippen LogP contribution in [-0.4, -0.2) is 117 Å². The van der Waals surface area contributed by atoms with Crippen molar-refractivity contribution in [3.05, 3.63) is 185 Å². The summed E-state index contributed by atoms with van der Waals surface area (Å²) in [5, 5.41) is 43.4. The van der Waals surface area contributed by atoms with Crippen molar-refractivity contribution in [2.24, 2.45) is 0 Å². The maximum Gasteiger partial charge on any atom is 0.417 e. The lowest BCUT2D eigenvalue weighted by Crippen LogP contribution is -2.50. The summed E-state index contributed by atoms with van der Waals surface area (Å²) in [6.07, 6.45) is 2.40. The van der Waals surface area contributed by atoms with Gasteiger partial charge in [0, 0.05) is 30.2 Å². The second kappa shape index (κ2) is 32.0. The van der Waals surface area contributed by atoms with Gasteiger partial charge >= 0.3 is 30.1 Å². The van der Waals surface area contributed by atoms with Crippen molar-refractivity contribution >= 4 is 70.9 Å². The molecule has 0 saturated carbocycles. The lowest BCUT2D eigenvalue weighted by molar-refractivity contribution is -0.142. The molecule has 7 rings (SSSR count). The third kappa shape index (κ3) is 20.5. The van der Waals surface area contributed by atoms with Crippen LogP contribution in [0.3, 0.4) is 0 Å². The van der Waals surface area contributed by atoms with E-state index in [1.165, 1.54) is 7.11 Å². The number of phenolic OH excluding ortho intramolecular Hbond substituents is 1. The molecule has 24 heteroatoms. The quantitative estimate of drug-likeness (QED) is 0.0204. The number of ether oxygens (including phenoxy) is 2. The van der Waals surface area contributed by atoms with Gasteiger partial charge in [0.1, 0.15) is 23.6 Å². The number of carboxylic acid groups (broad SMARTS) is 1. The molecular weight excluding hydrogens is 1080 g/mol. The van der Waals surface area contributed by atoms with Crippen LogP contribution in [0.1, 0.15) is 67.5 Å². The number of anilines is 5. The normalized spacial score (nSPS) is 11.2. The van der Waals surface area contributed by atoms with Gasteiger partial charge in [-0.05, 0) is 125 Å². The average Bonchev–Trinajstić information content (AvgIpc) is 3.54. The number of aromatic nitrogens is 4. The lowest BCUT2D eigenvalue weighted by atomic mass is 10.1. The topological polar surface area (TPSA) is 338 Å². The number of esters is 1. The summed E-state index contributed by atoms with van der Waals surface area (Å²) < 4.78 is 10.2. The van der Waals surface area contributed by atoms with Gasteiger partial charge in [0.15, 0.2) is 0 Å². The van der Waals surface area contributed by atoms with Crippen LogP contribution in [0, 0.1) is 27.7 Å². The van der Waals surface area contributed by atoms with Gasteiger partial charge in [0.2, 0.25) is 11.9 Å². The number of aliphatic carboxylic acids is 1. The Labute approximate surface area is 485 Å². The van der Waals surface area contributed by atoms with Crippen LogP contribution in [0.2, 0.25) is 0 Å². The van der Waals surface area contributed by atoms with Crippen molar-refractivity contribution in [3.63, 3.8) is 0 Å². The number of aromatic hydroxyl groups is 1. The Morgan fingerprint density at radius 1 is 0.512 bits per heavy atom. The number of amides is 7. The minimum Gasteiger partial charge on any atom is -0.508 e. The summed E-state index contributed by atoms with van der Waals surface area (Å²) >= 11 is 0. The summed E-state index contributed by atoms with van der Waals surface area (Å²) in [6.45, 7) is 7.23. The van der Waals surface area contributed by atoms with E-state index < -0.39 is 54.0 Å². The Hall–Kier alpha value is -10.7. The van der Waals surface area contributed by atoms with E-state index in [4.69, 9.17) is 9.47 Å². The number of para-hydroxylation sites is 3. The first-order valence-corrected chi connectivity index (χ1v) is 26.7. The maximum atomic E-state index is 13.2. The molecule has 5 aromatic carbocycles. The number of urea groups is 2. The Morgan fingerprint density at radius 2 is 0.929 bits per heavy atom. The van der Waals surface area contributed by atoms with E-state index in [0.29, 0.717) is 77.0 Å².